The second kappa shape index (κ2) is 5.67. The highest BCUT2D eigenvalue weighted by Gasteiger charge is 2.06. The van der Waals surface area contributed by atoms with Gasteiger partial charge in [-0.2, -0.15) is 0 Å². The molecule has 0 aromatic heterocycles. The van der Waals surface area contributed by atoms with Crippen LogP contribution in [0.5, 0.6) is 0 Å². The molecule has 4 nitrogen and oxygen atoms in total. The first-order valence-corrected chi connectivity index (χ1v) is 6.43. The molecule has 0 aliphatic rings. The molecule has 0 aliphatic carbocycles. The standard InChI is InChI=1S/C14H14N2O2S/c1-18-14(17)9-2-5-11(6-3-9)19-13-7-4-10(15)8-12(13)16/h2-8H,15-16H2,1H3. The van der Waals surface area contributed by atoms with E-state index in [1.165, 1.54) is 18.9 Å². The molecule has 4 N–H and O–H groups in total. The van der Waals surface area contributed by atoms with Crippen LogP contribution in [0.1, 0.15) is 10.4 Å². The summed E-state index contributed by atoms with van der Waals surface area (Å²) in [5, 5.41) is 0. The van der Waals surface area contributed by atoms with Crippen LogP contribution in [0.25, 0.3) is 0 Å². The van der Waals surface area contributed by atoms with Gasteiger partial charge in [-0.3, -0.25) is 0 Å². The van der Waals surface area contributed by atoms with Crippen molar-refractivity contribution in [3.05, 3.63) is 48.0 Å². The summed E-state index contributed by atoms with van der Waals surface area (Å²) in [4.78, 5) is 13.2. The monoisotopic (exact) mass is 274 g/mol. The zero-order valence-corrected chi connectivity index (χ0v) is 11.2. The smallest absolute Gasteiger partial charge is 0.337 e. The number of methoxy groups -OCH3 is 1. The molecule has 0 radical (unpaired) electrons. The first-order chi connectivity index (χ1) is 9.10. The van der Waals surface area contributed by atoms with Gasteiger partial charge < -0.3 is 16.2 Å². The van der Waals surface area contributed by atoms with Crippen LogP contribution < -0.4 is 11.5 Å². The van der Waals surface area contributed by atoms with Crippen LogP contribution >= 0.6 is 11.8 Å². The van der Waals surface area contributed by atoms with E-state index in [9.17, 15) is 4.79 Å². The van der Waals surface area contributed by atoms with E-state index in [2.05, 4.69) is 4.74 Å². The number of benzene rings is 2. The summed E-state index contributed by atoms with van der Waals surface area (Å²) < 4.78 is 4.65. The van der Waals surface area contributed by atoms with E-state index in [1.54, 1.807) is 18.2 Å². The molecule has 19 heavy (non-hydrogen) atoms. The molecule has 0 spiro atoms. The third-order valence-electron chi connectivity index (χ3n) is 2.54. The second-order valence-corrected chi connectivity index (χ2v) is 5.03. The Labute approximate surface area is 115 Å². The number of carbonyl (C=O) groups excluding carboxylic acids is 1. The zero-order chi connectivity index (χ0) is 13.8. The number of carbonyl (C=O) groups is 1. The molecule has 0 atom stereocenters. The molecule has 2 aromatic carbocycles. The number of anilines is 2. The molecule has 0 saturated carbocycles. The molecule has 0 heterocycles. The van der Waals surface area contributed by atoms with Crippen molar-refractivity contribution < 1.29 is 9.53 Å². The molecule has 2 aromatic rings. The molecule has 0 saturated heterocycles. The van der Waals surface area contributed by atoms with Crippen molar-refractivity contribution in [3.63, 3.8) is 0 Å². The number of ether oxygens (including phenoxy) is 1. The summed E-state index contributed by atoms with van der Waals surface area (Å²) in [6, 6.07) is 12.6. The van der Waals surface area contributed by atoms with E-state index in [0.29, 0.717) is 16.9 Å². The molecule has 0 fully saturated rings. The Hall–Kier alpha value is -2.14. The Kier molecular flexibility index (Phi) is 3.97. The number of rotatable bonds is 3. The Morgan fingerprint density at radius 3 is 2.37 bits per heavy atom. The van der Waals surface area contributed by atoms with E-state index in [-0.39, 0.29) is 5.97 Å². The van der Waals surface area contributed by atoms with Crippen LogP contribution in [0.4, 0.5) is 11.4 Å². The first kappa shape index (κ1) is 13.3. The van der Waals surface area contributed by atoms with Crippen molar-refractivity contribution in [3.8, 4) is 0 Å². The molecule has 0 amide bonds. The lowest BCUT2D eigenvalue weighted by molar-refractivity contribution is 0.0600. The van der Waals surface area contributed by atoms with E-state index >= 15 is 0 Å². The number of hydrogen-bond acceptors (Lipinski definition) is 5. The highest BCUT2D eigenvalue weighted by Crippen LogP contribution is 2.33. The van der Waals surface area contributed by atoms with Gasteiger partial charge >= 0.3 is 5.97 Å². The number of esters is 1. The largest absolute Gasteiger partial charge is 0.465 e. The van der Waals surface area contributed by atoms with Gasteiger partial charge in [0.05, 0.1) is 12.7 Å². The van der Waals surface area contributed by atoms with Gasteiger partial charge in [0.2, 0.25) is 0 Å². The minimum absolute atomic E-state index is 0.344. The molecule has 0 aliphatic heterocycles. The van der Waals surface area contributed by atoms with Crippen molar-refractivity contribution >= 4 is 29.1 Å². The van der Waals surface area contributed by atoms with Crippen LogP contribution in [0.3, 0.4) is 0 Å². The SMILES string of the molecule is COC(=O)c1ccc(Sc2ccc(N)cc2N)cc1. The van der Waals surface area contributed by atoms with E-state index in [0.717, 1.165) is 9.79 Å². The van der Waals surface area contributed by atoms with Gasteiger partial charge in [-0.05, 0) is 42.5 Å². The first-order valence-electron chi connectivity index (χ1n) is 5.61. The summed E-state index contributed by atoms with van der Waals surface area (Å²) in [6.45, 7) is 0. The summed E-state index contributed by atoms with van der Waals surface area (Å²) in [5.41, 5.74) is 13.4. The lowest BCUT2D eigenvalue weighted by Crippen LogP contribution is -2.00. The van der Waals surface area contributed by atoms with Crippen molar-refractivity contribution in [1.29, 1.82) is 0 Å². The van der Waals surface area contributed by atoms with Gasteiger partial charge in [0.1, 0.15) is 0 Å². The minimum atomic E-state index is -0.344. The maximum atomic E-state index is 11.3. The third kappa shape index (κ3) is 3.20. The molecule has 0 bridgehead atoms. The van der Waals surface area contributed by atoms with Crippen molar-refractivity contribution in [2.75, 3.05) is 18.6 Å². The predicted molar refractivity (Wildman–Crippen MR) is 77.2 cm³/mol. The van der Waals surface area contributed by atoms with Gasteiger partial charge in [-0.25, -0.2) is 4.79 Å². The summed E-state index contributed by atoms with van der Waals surface area (Å²) in [5.74, 6) is -0.344. The van der Waals surface area contributed by atoms with Crippen molar-refractivity contribution in [2.45, 2.75) is 9.79 Å². The molecule has 5 heteroatoms. The van der Waals surface area contributed by atoms with Crippen LogP contribution in [-0.4, -0.2) is 13.1 Å². The number of nitrogen functional groups attached to an aromatic ring is 2. The van der Waals surface area contributed by atoms with Crippen LogP contribution in [-0.2, 0) is 4.74 Å². The summed E-state index contributed by atoms with van der Waals surface area (Å²) >= 11 is 1.52. The highest BCUT2D eigenvalue weighted by atomic mass is 32.2. The summed E-state index contributed by atoms with van der Waals surface area (Å²) in [6.07, 6.45) is 0. The number of hydrogen-bond donors (Lipinski definition) is 2. The minimum Gasteiger partial charge on any atom is -0.465 e. The quantitative estimate of drug-likeness (QED) is 0.664. The lowest BCUT2D eigenvalue weighted by atomic mass is 10.2. The fourth-order valence-corrected chi connectivity index (χ4v) is 2.40. The normalized spacial score (nSPS) is 10.2. The Bertz CT molecular complexity index is 597. The van der Waals surface area contributed by atoms with Gasteiger partial charge in [0.25, 0.3) is 0 Å². The molecular weight excluding hydrogens is 260 g/mol. The Morgan fingerprint density at radius 2 is 1.79 bits per heavy atom. The van der Waals surface area contributed by atoms with Gasteiger partial charge in [0.15, 0.2) is 0 Å². The fourth-order valence-electron chi connectivity index (χ4n) is 1.56. The number of nitrogens with two attached hydrogens (primary N) is 2. The molecule has 2 rings (SSSR count). The Morgan fingerprint density at radius 1 is 1.11 bits per heavy atom. The Balaban J connectivity index is 2.17. The van der Waals surface area contributed by atoms with Gasteiger partial charge in [0, 0.05) is 21.2 Å². The van der Waals surface area contributed by atoms with E-state index in [4.69, 9.17) is 11.5 Å². The van der Waals surface area contributed by atoms with Gasteiger partial charge in [-0.15, -0.1) is 0 Å². The maximum absolute atomic E-state index is 11.3. The highest BCUT2D eigenvalue weighted by molar-refractivity contribution is 7.99. The molecular formula is C14H14N2O2S. The van der Waals surface area contributed by atoms with E-state index < -0.39 is 0 Å². The van der Waals surface area contributed by atoms with Crippen molar-refractivity contribution in [2.24, 2.45) is 0 Å². The average molecular weight is 274 g/mol. The fraction of sp³-hybridized carbons (Fsp3) is 0.0714. The zero-order valence-electron chi connectivity index (χ0n) is 10.4. The lowest BCUT2D eigenvalue weighted by Gasteiger charge is -2.06. The van der Waals surface area contributed by atoms with Crippen LogP contribution in [0.15, 0.2) is 52.3 Å². The topological polar surface area (TPSA) is 78.3 Å². The third-order valence-corrected chi connectivity index (χ3v) is 3.64. The second-order valence-electron chi connectivity index (χ2n) is 3.92. The molecule has 0 unspecified atom stereocenters. The summed E-state index contributed by atoms with van der Waals surface area (Å²) in [7, 11) is 1.36. The van der Waals surface area contributed by atoms with Gasteiger partial charge in [-0.1, -0.05) is 11.8 Å². The van der Waals surface area contributed by atoms with Crippen LogP contribution in [0.2, 0.25) is 0 Å². The van der Waals surface area contributed by atoms with Crippen molar-refractivity contribution in [1.82, 2.24) is 0 Å². The van der Waals surface area contributed by atoms with Crippen LogP contribution in [0, 0.1) is 0 Å². The predicted octanol–water partition coefficient (Wildman–Crippen LogP) is 2.79. The van der Waals surface area contributed by atoms with E-state index in [1.807, 2.05) is 24.3 Å². The maximum Gasteiger partial charge on any atom is 0.337 e. The molecule has 98 valence electrons. The average Bonchev–Trinajstić information content (AvgIpc) is 2.42.